The van der Waals surface area contributed by atoms with Gasteiger partial charge in [-0.3, -0.25) is 19.4 Å². The number of benzene rings is 2. The Labute approximate surface area is 161 Å². The van der Waals surface area contributed by atoms with Gasteiger partial charge in [0.05, 0.1) is 11.4 Å². The number of para-hydroxylation sites is 1. The number of hydrazone groups is 1. The molecule has 0 bridgehead atoms. The molecule has 2 aromatic carbocycles. The number of hydrogen-bond acceptors (Lipinski definition) is 5. The molecule has 27 heavy (non-hydrogen) atoms. The maximum absolute atomic E-state index is 13.2. The van der Waals surface area contributed by atoms with Crippen LogP contribution in [0.3, 0.4) is 0 Å². The zero-order chi connectivity index (χ0) is 19.3. The Morgan fingerprint density at radius 1 is 1.07 bits per heavy atom. The Bertz CT molecular complexity index is 1020. The number of carbonyl (C=O) groups excluding carboxylic acids is 3. The number of halogens is 1. The number of imide groups is 1. The quantitative estimate of drug-likeness (QED) is 0.766. The first-order chi connectivity index (χ1) is 12.9. The van der Waals surface area contributed by atoms with Gasteiger partial charge in [-0.2, -0.15) is 5.10 Å². The summed E-state index contributed by atoms with van der Waals surface area (Å²) in [5, 5.41) is 6.28. The van der Waals surface area contributed by atoms with Gasteiger partial charge in [-0.05, 0) is 36.8 Å². The molecule has 0 spiro atoms. The molecule has 2 aliphatic heterocycles. The highest BCUT2D eigenvalue weighted by Gasteiger charge is 2.58. The molecule has 2 amide bonds. The molecule has 0 N–H and O–H groups in total. The van der Waals surface area contributed by atoms with Crippen molar-refractivity contribution in [3.8, 4) is 0 Å². The van der Waals surface area contributed by atoms with Crippen LogP contribution in [-0.4, -0.2) is 29.4 Å². The van der Waals surface area contributed by atoms with Crippen LogP contribution in [0, 0.1) is 12.8 Å². The van der Waals surface area contributed by atoms with Crippen molar-refractivity contribution in [3.63, 3.8) is 0 Å². The molecule has 1 saturated heterocycles. The third-order valence-corrected chi connectivity index (χ3v) is 5.07. The molecule has 0 unspecified atom stereocenters. The lowest BCUT2D eigenvalue weighted by molar-refractivity contribution is -0.122. The van der Waals surface area contributed by atoms with E-state index in [1.165, 1.54) is 11.9 Å². The number of ketones is 1. The Morgan fingerprint density at radius 2 is 1.81 bits per heavy atom. The van der Waals surface area contributed by atoms with Gasteiger partial charge in [0, 0.05) is 11.9 Å². The van der Waals surface area contributed by atoms with Crippen LogP contribution in [-0.2, 0) is 14.4 Å². The third-order valence-electron chi connectivity index (χ3n) is 4.84. The summed E-state index contributed by atoms with van der Waals surface area (Å²) in [4.78, 5) is 39.5. The first-order valence-corrected chi connectivity index (χ1v) is 8.85. The number of anilines is 2. The zero-order valence-electron chi connectivity index (χ0n) is 14.7. The number of carbonyl (C=O) groups is 3. The average molecular weight is 382 g/mol. The lowest BCUT2D eigenvalue weighted by Crippen LogP contribution is -2.39. The number of aryl methyl sites for hydroxylation is 1. The minimum Gasteiger partial charge on any atom is -0.293 e. The summed E-state index contributed by atoms with van der Waals surface area (Å²) in [6, 6.07) is 13.1. The van der Waals surface area contributed by atoms with E-state index >= 15 is 0 Å². The van der Waals surface area contributed by atoms with Gasteiger partial charge in [0.2, 0.25) is 5.91 Å². The van der Waals surface area contributed by atoms with E-state index in [1.807, 2.05) is 31.2 Å². The van der Waals surface area contributed by atoms with Crippen LogP contribution in [0.4, 0.5) is 11.4 Å². The van der Waals surface area contributed by atoms with Crippen LogP contribution in [0.25, 0.3) is 0 Å². The fourth-order valence-corrected chi connectivity index (χ4v) is 3.78. The number of rotatable bonds is 3. The lowest BCUT2D eigenvalue weighted by Gasteiger charge is -2.23. The number of amides is 2. The van der Waals surface area contributed by atoms with Crippen LogP contribution in [0.15, 0.2) is 53.6 Å². The first kappa shape index (κ1) is 17.4. The Hall–Kier alpha value is -2.99. The molecule has 2 heterocycles. The minimum atomic E-state index is -0.923. The summed E-state index contributed by atoms with van der Waals surface area (Å²) in [7, 11) is 0. The number of hydrogen-bond donors (Lipinski definition) is 0. The second-order valence-electron chi connectivity index (χ2n) is 6.59. The van der Waals surface area contributed by atoms with Crippen LogP contribution >= 0.6 is 11.6 Å². The van der Waals surface area contributed by atoms with Crippen molar-refractivity contribution in [1.29, 1.82) is 0 Å². The van der Waals surface area contributed by atoms with Crippen molar-refractivity contribution in [1.82, 2.24) is 0 Å². The van der Waals surface area contributed by atoms with Gasteiger partial charge >= 0.3 is 0 Å². The minimum absolute atomic E-state index is 0.103. The van der Waals surface area contributed by atoms with E-state index < -0.39 is 23.8 Å². The van der Waals surface area contributed by atoms with Crippen molar-refractivity contribution in [2.24, 2.45) is 11.0 Å². The topological polar surface area (TPSA) is 70.1 Å². The highest BCUT2D eigenvalue weighted by Crippen LogP contribution is 2.39. The second kappa shape index (κ2) is 6.32. The van der Waals surface area contributed by atoms with Crippen molar-refractivity contribution < 1.29 is 14.4 Å². The number of nitrogens with zero attached hydrogens (tertiary/aromatic N) is 3. The van der Waals surface area contributed by atoms with Crippen LogP contribution in [0.5, 0.6) is 0 Å². The molecule has 0 saturated carbocycles. The summed E-state index contributed by atoms with van der Waals surface area (Å²) in [6.45, 7) is 3.25. The average Bonchev–Trinajstić information content (AvgIpc) is 3.13. The van der Waals surface area contributed by atoms with Gasteiger partial charge in [0.25, 0.3) is 5.91 Å². The molecule has 2 aromatic rings. The van der Waals surface area contributed by atoms with E-state index in [-0.39, 0.29) is 11.5 Å². The summed E-state index contributed by atoms with van der Waals surface area (Å²) in [5.74, 6) is -2.13. The summed E-state index contributed by atoms with van der Waals surface area (Å²) >= 11 is 6.03. The molecule has 0 radical (unpaired) electrons. The van der Waals surface area contributed by atoms with Crippen LogP contribution < -0.4 is 9.91 Å². The normalized spacial score (nSPS) is 21.5. The standard InChI is InChI=1S/C20H16ClN3O3/c1-11-6-3-4-9-15(11)24-18-16(17(22-24)12(2)25)19(26)23(20(18)27)14-8-5-7-13(21)10-14/h3-10,16,18H,1-2H3/t16-,18+/m1/s1. The molecule has 6 nitrogen and oxygen atoms in total. The van der Waals surface area contributed by atoms with Gasteiger partial charge in [-0.1, -0.05) is 35.9 Å². The van der Waals surface area contributed by atoms with E-state index in [2.05, 4.69) is 5.10 Å². The molecule has 2 atom stereocenters. The third kappa shape index (κ3) is 2.64. The molecule has 1 fully saturated rings. The molecule has 7 heteroatoms. The maximum atomic E-state index is 13.2. The molecular weight excluding hydrogens is 366 g/mol. The van der Waals surface area contributed by atoms with Gasteiger partial charge < -0.3 is 0 Å². The number of fused-ring (bicyclic) bond motifs is 1. The molecule has 136 valence electrons. The van der Waals surface area contributed by atoms with Gasteiger partial charge in [0.15, 0.2) is 5.78 Å². The largest absolute Gasteiger partial charge is 0.293 e. The van der Waals surface area contributed by atoms with Crippen molar-refractivity contribution in [2.75, 3.05) is 9.91 Å². The summed E-state index contributed by atoms with van der Waals surface area (Å²) in [6.07, 6.45) is 0. The molecule has 0 aromatic heterocycles. The Kier molecular flexibility index (Phi) is 4.08. The van der Waals surface area contributed by atoms with Gasteiger partial charge in [-0.15, -0.1) is 0 Å². The van der Waals surface area contributed by atoms with E-state index in [0.29, 0.717) is 16.4 Å². The van der Waals surface area contributed by atoms with E-state index in [0.717, 1.165) is 10.5 Å². The molecule has 4 rings (SSSR count). The number of Topliss-reactive ketones (excluding diaryl/α,β-unsaturated/α-hetero) is 1. The van der Waals surface area contributed by atoms with Crippen LogP contribution in [0.2, 0.25) is 5.02 Å². The van der Waals surface area contributed by atoms with E-state index in [4.69, 9.17) is 11.6 Å². The van der Waals surface area contributed by atoms with Crippen molar-refractivity contribution in [3.05, 3.63) is 59.1 Å². The fourth-order valence-electron chi connectivity index (χ4n) is 3.59. The SMILES string of the molecule is CC(=O)C1=NN(c2ccccc2C)[C@@H]2C(=O)N(c3cccc(Cl)c3)C(=O)[C@H]12. The maximum Gasteiger partial charge on any atom is 0.259 e. The van der Waals surface area contributed by atoms with E-state index in [1.54, 1.807) is 24.3 Å². The zero-order valence-corrected chi connectivity index (χ0v) is 15.5. The van der Waals surface area contributed by atoms with Crippen LogP contribution in [0.1, 0.15) is 12.5 Å². The van der Waals surface area contributed by atoms with Crippen molar-refractivity contribution >= 4 is 46.3 Å². The molecule has 2 aliphatic rings. The predicted octanol–water partition coefficient (Wildman–Crippen LogP) is 2.97. The molecular formula is C20H16ClN3O3. The second-order valence-corrected chi connectivity index (χ2v) is 7.02. The first-order valence-electron chi connectivity index (χ1n) is 8.48. The Balaban J connectivity index is 1.83. The van der Waals surface area contributed by atoms with Gasteiger partial charge in [-0.25, -0.2) is 4.90 Å². The smallest absolute Gasteiger partial charge is 0.259 e. The highest BCUT2D eigenvalue weighted by molar-refractivity contribution is 6.49. The Morgan fingerprint density at radius 3 is 2.48 bits per heavy atom. The molecule has 0 aliphatic carbocycles. The van der Waals surface area contributed by atoms with Crippen molar-refractivity contribution in [2.45, 2.75) is 19.9 Å². The fraction of sp³-hybridized carbons (Fsp3) is 0.200. The monoisotopic (exact) mass is 381 g/mol. The van der Waals surface area contributed by atoms with Gasteiger partial charge in [0.1, 0.15) is 17.7 Å². The lowest BCUT2D eigenvalue weighted by atomic mass is 9.95. The summed E-state index contributed by atoms with van der Waals surface area (Å²) in [5.41, 5.74) is 2.08. The summed E-state index contributed by atoms with van der Waals surface area (Å²) < 4.78 is 0. The van der Waals surface area contributed by atoms with E-state index in [9.17, 15) is 14.4 Å². The highest BCUT2D eigenvalue weighted by atomic mass is 35.5. The predicted molar refractivity (Wildman–Crippen MR) is 103 cm³/mol.